The first kappa shape index (κ1) is 30.9. The molecule has 4 aliphatic carbocycles. The average molecular weight is 539 g/mol. The molecule has 0 saturated heterocycles. The zero-order chi connectivity index (χ0) is 28.6. The van der Waals surface area contributed by atoms with Gasteiger partial charge < -0.3 is 23.7 Å². The third kappa shape index (κ3) is 7.09. The molecule has 4 saturated carbocycles. The SMILES string of the molecule is CCC(C)(C)OC(=O)COC12CC3CC(OCC(=O)OC(C)(C)CC)(C1)CC(OC(=O)C(C)(C)CC)(C3)C2. The van der Waals surface area contributed by atoms with Crippen molar-refractivity contribution in [2.45, 2.75) is 148 Å². The fraction of sp³-hybridized carbons (Fsp3) is 0.900. The Morgan fingerprint density at radius 1 is 0.658 bits per heavy atom. The van der Waals surface area contributed by atoms with Gasteiger partial charge >= 0.3 is 17.9 Å². The van der Waals surface area contributed by atoms with Crippen LogP contribution in [0.5, 0.6) is 0 Å². The summed E-state index contributed by atoms with van der Waals surface area (Å²) in [5, 5.41) is 0. The first-order valence-electron chi connectivity index (χ1n) is 14.4. The Balaban J connectivity index is 1.82. The summed E-state index contributed by atoms with van der Waals surface area (Å²) in [5.74, 6) is -0.868. The van der Waals surface area contributed by atoms with Crippen LogP contribution in [0.2, 0.25) is 0 Å². The van der Waals surface area contributed by atoms with E-state index in [1.54, 1.807) is 0 Å². The van der Waals surface area contributed by atoms with Crippen LogP contribution >= 0.6 is 0 Å². The molecule has 0 amide bonds. The summed E-state index contributed by atoms with van der Waals surface area (Å²) in [5.41, 5.74) is -3.91. The standard InChI is InChI=1S/C30H50O8/c1-10-25(4,5)24(33)38-30-15-21-13-28(19-30,34-16-22(31)36-26(6,7)11-2)18-29(14-21,20-30)35-17-23(32)37-27(8,9)12-3/h21H,10-20H2,1-9H3. The van der Waals surface area contributed by atoms with Crippen LogP contribution in [0.15, 0.2) is 0 Å². The topological polar surface area (TPSA) is 97.4 Å². The zero-order valence-electron chi connectivity index (χ0n) is 25.1. The second kappa shape index (κ2) is 10.7. The molecule has 0 radical (unpaired) electrons. The Hall–Kier alpha value is -1.67. The molecular weight excluding hydrogens is 488 g/mol. The number of hydrogen-bond donors (Lipinski definition) is 0. The van der Waals surface area contributed by atoms with Gasteiger partial charge in [-0.1, -0.05) is 20.8 Å². The molecule has 4 aliphatic rings. The Bertz CT molecular complexity index is 854. The van der Waals surface area contributed by atoms with Crippen LogP contribution in [0.4, 0.5) is 0 Å². The molecule has 218 valence electrons. The first-order valence-corrected chi connectivity index (χ1v) is 14.4. The van der Waals surface area contributed by atoms with Gasteiger partial charge in [0.15, 0.2) is 0 Å². The molecule has 0 aliphatic heterocycles. The highest BCUT2D eigenvalue weighted by molar-refractivity contribution is 5.76. The molecule has 8 nitrogen and oxygen atoms in total. The van der Waals surface area contributed by atoms with E-state index >= 15 is 0 Å². The summed E-state index contributed by atoms with van der Waals surface area (Å²) in [6.07, 6.45) is 5.83. The molecule has 0 spiro atoms. The Labute approximate surface area is 228 Å². The first-order chi connectivity index (χ1) is 17.4. The highest BCUT2D eigenvalue weighted by Crippen LogP contribution is 2.63. The highest BCUT2D eigenvalue weighted by atomic mass is 16.6. The van der Waals surface area contributed by atoms with Gasteiger partial charge in [0.2, 0.25) is 0 Å². The van der Waals surface area contributed by atoms with Crippen molar-refractivity contribution in [1.82, 2.24) is 0 Å². The van der Waals surface area contributed by atoms with Gasteiger partial charge in [0.05, 0.1) is 16.6 Å². The number of esters is 3. The number of carbonyl (C=O) groups excluding carboxylic acids is 3. The van der Waals surface area contributed by atoms with E-state index in [1.165, 1.54) is 0 Å². The fourth-order valence-electron chi connectivity index (χ4n) is 6.34. The minimum atomic E-state index is -0.762. The number of ether oxygens (including phenoxy) is 5. The van der Waals surface area contributed by atoms with Crippen molar-refractivity contribution in [3.8, 4) is 0 Å². The smallest absolute Gasteiger partial charge is 0.332 e. The van der Waals surface area contributed by atoms with Crippen LogP contribution in [-0.2, 0) is 38.1 Å². The highest BCUT2D eigenvalue weighted by Gasteiger charge is 2.67. The average Bonchev–Trinajstić information content (AvgIpc) is 2.80. The van der Waals surface area contributed by atoms with E-state index in [0.29, 0.717) is 38.5 Å². The van der Waals surface area contributed by atoms with Gasteiger partial charge in [-0.3, -0.25) is 4.79 Å². The lowest BCUT2D eigenvalue weighted by Crippen LogP contribution is -2.69. The van der Waals surface area contributed by atoms with Crippen LogP contribution in [0.1, 0.15) is 120 Å². The van der Waals surface area contributed by atoms with Gasteiger partial charge in [-0.15, -0.1) is 0 Å². The molecule has 0 aromatic rings. The van der Waals surface area contributed by atoms with E-state index in [2.05, 4.69) is 0 Å². The second-order valence-corrected chi connectivity index (χ2v) is 13.9. The van der Waals surface area contributed by atoms with E-state index in [-0.39, 0.29) is 25.1 Å². The molecule has 0 aromatic heterocycles. The third-order valence-corrected chi connectivity index (χ3v) is 9.14. The van der Waals surface area contributed by atoms with E-state index in [9.17, 15) is 14.4 Å². The van der Waals surface area contributed by atoms with Crippen molar-refractivity contribution in [1.29, 1.82) is 0 Å². The molecule has 38 heavy (non-hydrogen) atoms. The van der Waals surface area contributed by atoms with Crippen LogP contribution in [0, 0.1) is 11.3 Å². The molecule has 0 N–H and O–H groups in total. The van der Waals surface area contributed by atoms with E-state index in [0.717, 1.165) is 19.3 Å². The predicted octanol–water partition coefficient (Wildman–Crippen LogP) is 5.68. The second-order valence-electron chi connectivity index (χ2n) is 13.9. The maximum Gasteiger partial charge on any atom is 0.332 e. The molecule has 0 aromatic carbocycles. The molecule has 0 heterocycles. The molecular formula is C30H50O8. The van der Waals surface area contributed by atoms with Gasteiger partial charge in [0.1, 0.15) is 30.0 Å². The van der Waals surface area contributed by atoms with Gasteiger partial charge in [-0.05, 0) is 86.0 Å². The lowest BCUT2D eigenvalue weighted by Gasteiger charge is -2.64. The van der Waals surface area contributed by atoms with Crippen molar-refractivity contribution >= 4 is 17.9 Å². The molecule has 4 rings (SSSR count). The van der Waals surface area contributed by atoms with Gasteiger partial charge in [-0.2, -0.15) is 0 Å². The van der Waals surface area contributed by atoms with Gasteiger partial charge in [-0.25, -0.2) is 9.59 Å². The number of rotatable bonds is 13. The van der Waals surface area contributed by atoms with Crippen molar-refractivity contribution in [3.05, 3.63) is 0 Å². The summed E-state index contributed by atoms with van der Waals surface area (Å²) in [4.78, 5) is 38.6. The molecule has 2 atom stereocenters. The number of carbonyl (C=O) groups is 3. The largest absolute Gasteiger partial charge is 0.458 e. The number of hydrogen-bond acceptors (Lipinski definition) is 8. The Kier molecular flexibility index (Phi) is 8.71. The minimum Gasteiger partial charge on any atom is -0.458 e. The quantitative estimate of drug-likeness (QED) is 0.218. The van der Waals surface area contributed by atoms with Crippen LogP contribution in [0.25, 0.3) is 0 Å². The molecule has 2 unspecified atom stereocenters. The summed E-state index contributed by atoms with van der Waals surface area (Å²) < 4.78 is 30.3. The van der Waals surface area contributed by atoms with Crippen LogP contribution in [0.3, 0.4) is 0 Å². The molecule has 8 heteroatoms. The minimum absolute atomic E-state index is 0.177. The fourth-order valence-corrected chi connectivity index (χ4v) is 6.34. The van der Waals surface area contributed by atoms with Gasteiger partial charge in [0, 0.05) is 19.3 Å². The maximum atomic E-state index is 13.2. The van der Waals surface area contributed by atoms with E-state index in [1.807, 2.05) is 62.3 Å². The monoisotopic (exact) mass is 538 g/mol. The van der Waals surface area contributed by atoms with Crippen molar-refractivity contribution in [3.63, 3.8) is 0 Å². The summed E-state index contributed by atoms with van der Waals surface area (Å²) in [6, 6.07) is 0. The van der Waals surface area contributed by atoms with Crippen molar-refractivity contribution in [2.75, 3.05) is 13.2 Å². The lowest BCUT2D eigenvalue weighted by molar-refractivity contribution is -0.287. The predicted molar refractivity (Wildman–Crippen MR) is 142 cm³/mol. The van der Waals surface area contributed by atoms with Crippen LogP contribution < -0.4 is 0 Å². The third-order valence-electron chi connectivity index (χ3n) is 9.14. The maximum absolute atomic E-state index is 13.2. The van der Waals surface area contributed by atoms with Gasteiger partial charge in [0.25, 0.3) is 0 Å². The Morgan fingerprint density at radius 2 is 1.05 bits per heavy atom. The molecule has 4 fully saturated rings. The lowest BCUT2D eigenvalue weighted by atomic mass is 9.50. The van der Waals surface area contributed by atoms with Crippen molar-refractivity contribution < 1.29 is 38.1 Å². The summed E-state index contributed by atoms with van der Waals surface area (Å²) in [6.45, 7) is 16.9. The van der Waals surface area contributed by atoms with Crippen molar-refractivity contribution in [2.24, 2.45) is 11.3 Å². The summed E-state index contributed by atoms with van der Waals surface area (Å²) in [7, 11) is 0. The normalized spacial score (nSPS) is 30.7. The van der Waals surface area contributed by atoms with Crippen LogP contribution in [-0.4, -0.2) is 59.1 Å². The summed E-state index contributed by atoms with van der Waals surface area (Å²) >= 11 is 0. The zero-order valence-corrected chi connectivity index (χ0v) is 25.1. The Morgan fingerprint density at radius 3 is 1.45 bits per heavy atom. The van der Waals surface area contributed by atoms with E-state index < -0.39 is 45.4 Å². The molecule has 4 bridgehead atoms. The van der Waals surface area contributed by atoms with E-state index in [4.69, 9.17) is 23.7 Å².